The highest BCUT2D eigenvalue weighted by Crippen LogP contribution is 2.38. The predicted molar refractivity (Wildman–Crippen MR) is 65.9 cm³/mol. The Morgan fingerprint density at radius 3 is 2.72 bits per heavy atom. The lowest BCUT2D eigenvalue weighted by Crippen LogP contribution is -2.04. The molecule has 2 aromatic rings. The van der Waals surface area contributed by atoms with Crippen molar-refractivity contribution in [2.24, 2.45) is 0 Å². The van der Waals surface area contributed by atoms with Crippen LogP contribution in [0.15, 0.2) is 38.8 Å². The van der Waals surface area contributed by atoms with Gasteiger partial charge in [-0.1, -0.05) is 17.8 Å². The summed E-state index contributed by atoms with van der Waals surface area (Å²) >= 11 is 2.75. The quantitative estimate of drug-likeness (QED) is 0.856. The first-order valence-electron chi connectivity index (χ1n) is 4.81. The zero-order valence-corrected chi connectivity index (χ0v) is 10.5. The van der Waals surface area contributed by atoms with Gasteiger partial charge >= 0.3 is 6.61 Å². The van der Waals surface area contributed by atoms with Crippen molar-refractivity contribution in [2.75, 3.05) is 5.73 Å². The highest BCUT2D eigenvalue weighted by molar-refractivity contribution is 8.01. The molecule has 0 radical (unpaired) electrons. The van der Waals surface area contributed by atoms with Gasteiger partial charge in [-0.2, -0.15) is 8.78 Å². The average Bonchev–Trinajstić information content (AvgIpc) is 2.77. The molecule has 2 N–H and O–H groups in total. The maximum absolute atomic E-state index is 13.3. The minimum atomic E-state index is -3.07. The third kappa shape index (κ3) is 3.11. The van der Waals surface area contributed by atoms with Gasteiger partial charge in [-0.3, -0.25) is 0 Å². The van der Waals surface area contributed by atoms with E-state index >= 15 is 0 Å². The second-order valence-corrected chi connectivity index (χ2v) is 5.52. The topological polar surface area (TPSA) is 35.2 Å². The number of thiophene rings is 1. The van der Waals surface area contributed by atoms with Gasteiger partial charge in [0.1, 0.15) is 0 Å². The summed E-state index contributed by atoms with van der Waals surface area (Å²) in [5.74, 6) is -1.40. The summed E-state index contributed by atoms with van der Waals surface area (Å²) in [6.45, 7) is -3.07. The molecular weight excluding hydrogens is 283 g/mol. The molecule has 0 saturated heterocycles. The molecule has 2 rings (SSSR count). The summed E-state index contributed by atoms with van der Waals surface area (Å²) in [7, 11) is 0. The van der Waals surface area contributed by atoms with Crippen LogP contribution in [0.4, 0.5) is 18.9 Å². The molecule has 0 spiro atoms. The number of ether oxygens (including phenoxy) is 1. The molecular formula is C11H8F3NOS2. The minimum Gasteiger partial charge on any atom is -0.432 e. The molecule has 1 aromatic carbocycles. The SMILES string of the molecule is Nc1cc(F)c(OC(F)F)cc1Sc1cccs1. The van der Waals surface area contributed by atoms with E-state index in [1.165, 1.54) is 29.2 Å². The molecule has 0 aliphatic rings. The summed E-state index contributed by atoms with van der Waals surface area (Å²) in [6.07, 6.45) is 0. The molecule has 0 fully saturated rings. The number of benzene rings is 1. The molecule has 2 nitrogen and oxygen atoms in total. The second-order valence-electron chi connectivity index (χ2n) is 3.23. The standard InChI is InChI=1S/C11H8F3NOS2/c12-6-4-7(15)9(5-8(6)16-11(13)14)18-10-2-1-3-17-10/h1-5,11H,15H2. The van der Waals surface area contributed by atoms with Gasteiger partial charge in [-0.25, -0.2) is 4.39 Å². The number of alkyl halides is 2. The summed E-state index contributed by atoms with van der Waals surface area (Å²) in [5, 5.41) is 1.87. The molecule has 1 aromatic heterocycles. The predicted octanol–water partition coefficient (Wildman–Crippen LogP) is 4.22. The van der Waals surface area contributed by atoms with E-state index in [0.717, 1.165) is 10.3 Å². The highest BCUT2D eigenvalue weighted by Gasteiger charge is 2.14. The van der Waals surface area contributed by atoms with Gasteiger partial charge in [0.15, 0.2) is 11.6 Å². The number of rotatable bonds is 4. The Bertz CT molecular complexity index is 531. The van der Waals surface area contributed by atoms with Crippen molar-refractivity contribution in [2.45, 2.75) is 15.7 Å². The molecule has 7 heteroatoms. The van der Waals surface area contributed by atoms with E-state index in [9.17, 15) is 13.2 Å². The van der Waals surface area contributed by atoms with E-state index in [0.29, 0.717) is 4.90 Å². The van der Waals surface area contributed by atoms with Crippen LogP contribution in [0.1, 0.15) is 0 Å². The fourth-order valence-corrected chi connectivity index (χ4v) is 3.04. The smallest absolute Gasteiger partial charge is 0.387 e. The van der Waals surface area contributed by atoms with Crippen molar-refractivity contribution in [1.29, 1.82) is 0 Å². The molecule has 0 bridgehead atoms. The van der Waals surface area contributed by atoms with Crippen LogP contribution in [0.5, 0.6) is 5.75 Å². The Morgan fingerprint density at radius 2 is 2.11 bits per heavy atom. The van der Waals surface area contributed by atoms with E-state index in [1.54, 1.807) is 0 Å². The van der Waals surface area contributed by atoms with Crippen molar-refractivity contribution in [3.63, 3.8) is 0 Å². The van der Waals surface area contributed by atoms with Crippen LogP contribution in [-0.2, 0) is 0 Å². The number of hydrogen-bond acceptors (Lipinski definition) is 4. The Morgan fingerprint density at radius 1 is 1.33 bits per heavy atom. The lowest BCUT2D eigenvalue weighted by atomic mass is 10.3. The van der Waals surface area contributed by atoms with Crippen LogP contribution < -0.4 is 10.5 Å². The molecule has 0 atom stereocenters. The third-order valence-electron chi connectivity index (χ3n) is 1.99. The summed E-state index contributed by atoms with van der Waals surface area (Å²) in [5.41, 5.74) is 5.83. The molecule has 0 aliphatic carbocycles. The van der Waals surface area contributed by atoms with Gasteiger partial charge in [0.25, 0.3) is 0 Å². The lowest BCUT2D eigenvalue weighted by Gasteiger charge is -2.09. The molecule has 1 heterocycles. The van der Waals surface area contributed by atoms with Crippen molar-refractivity contribution >= 4 is 28.8 Å². The maximum atomic E-state index is 13.3. The van der Waals surface area contributed by atoms with Crippen molar-refractivity contribution < 1.29 is 17.9 Å². The Kier molecular flexibility index (Phi) is 4.03. The molecule has 18 heavy (non-hydrogen) atoms. The maximum Gasteiger partial charge on any atom is 0.387 e. The van der Waals surface area contributed by atoms with Gasteiger partial charge in [-0.15, -0.1) is 11.3 Å². The summed E-state index contributed by atoms with van der Waals surface area (Å²) < 4.78 is 42.5. The van der Waals surface area contributed by atoms with Crippen molar-refractivity contribution in [3.05, 3.63) is 35.5 Å². The largest absolute Gasteiger partial charge is 0.432 e. The van der Waals surface area contributed by atoms with E-state index in [4.69, 9.17) is 5.73 Å². The first-order chi connectivity index (χ1) is 8.56. The highest BCUT2D eigenvalue weighted by atomic mass is 32.2. The van der Waals surface area contributed by atoms with Gasteiger partial charge in [0.2, 0.25) is 0 Å². The zero-order chi connectivity index (χ0) is 13.1. The summed E-state index contributed by atoms with van der Waals surface area (Å²) in [4.78, 5) is 0.481. The number of hydrogen-bond donors (Lipinski definition) is 1. The van der Waals surface area contributed by atoms with Crippen LogP contribution in [-0.4, -0.2) is 6.61 Å². The number of nitrogens with two attached hydrogens (primary N) is 1. The van der Waals surface area contributed by atoms with Crippen LogP contribution >= 0.6 is 23.1 Å². The summed E-state index contributed by atoms with van der Waals surface area (Å²) in [6, 6.07) is 5.87. The van der Waals surface area contributed by atoms with Crippen molar-refractivity contribution in [1.82, 2.24) is 0 Å². The fraction of sp³-hybridized carbons (Fsp3) is 0.0909. The third-order valence-corrected chi connectivity index (χ3v) is 4.10. The van der Waals surface area contributed by atoms with E-state index < -0.39 is 18.2 Å². The second kappa shape index (κ2) is 5.53. The van der Waals surface area contributed by atoms with Crippen LogP contribution in [0.3, 0.4) is 0 Å². The minimum absolute atomic E-state index is 0.188. The number of anilines is 1. The first-order valence-corrected chi connectivity index (χ1v) is 6.51. The Labute approximate surface area is 110 Å². The molecule has 0 aliphatic heterocycles. The van der Waals surface area contributed by atoms with Gasteiger partial charge in [0, 0.05) is 16.6 Å². The van der Waals surface area contributed by atoms with E-state index in [1.807, 2.05) is 17.5 Å². The first kappa shape index (κ1) is 13.1. The average molecular weight is 291 g/mol. The number of halogens is 3. The van der Waals surface area contributed by atoms with E-state index in [-0.39, 0.29) is 5.69 Å². The zero-order valence-electron chi connectivity index (χ0n) is 8.90. The van der Waals surface area contributed by atoms with E-state index in [2.05, 4.69) is 4.74 Å². The Balaban J connectivity index is 2.29. The molecule has 0 unspecified atom stereocenters. The van der Waals surface area contributed by atoms with Crippen LogP contribution in [0, 0.1) is 5.82 Å². The van der Waals surface area contributed by atoms with Gasteiger partial charge in [-0.05, 0) is 17.5 Å². The van der Waals surface area contributed by atoms with Crippen molar-refractivity contribution in [3.8, 4) is 5.75 Å². The van der Waals surface area contributed by atoms with Gasteiger partial charge in [0.05, 0.1) is 4.21 Å². The fourth-order valence-electron chi connectivity index (χ4n) is 1.25. The molecule has 0 amide bonds. The lowest BCUT2D eigenvalue weighted by molar-refractivity contribution is -0.0523. The van der Waals surface area contributed by atoms with Gasteiger partial charge < -0.3 is 10.5 Å². The Hall–Kier alpha value is -1.34. The van der Waals surface area contributed by atoms with Crippen LogP contribution in [0.25, 0.3) is 0 Å². The van der Waals surface area contributed by atoms with Crippen LogP contribution in [0.2, 0.25) is 0 Å². The number of nitrogen functional groups attached to an aromatic ring is 1. The molecule has 0 saturated carbocycles. The molecule has 96 valence electrons. The monoisotopic (exact) mass is 291 g/mol. The normalized spacial score (nSPS) is 10.9.